The molecule has 0 saturated carbocycles. The second-order valence-corrected chi connectivity index (χ2v) is 6.19. The zero-order valence-electron chi connectivity index (χ0n) is 13.9. The van der Waals surface area contributed by atoms with Crippen LogP contribution in [0.1, 0.15) is 18.5 Å². The Hall–Kier alpha value is -2.32. The highest BCUT2D eigenvalue weighted by Crippen LogP contribution is 2.49. The second kappa shape index (κ2) is 6.20. The minimum atomic E-state index is -1.79. The maximum absolute atomic E-state index is 14.3. The molecule has 2 heterocycles. The summed E-state index contributed by atoms with van der Waals surface area (Å²) in [5.74, 6) is -4.62. The molecule has 2 saturated heterocycles. The topological polar surface area (TPSA) is 95.9 Å². The molecule has 0 spiro atoms. The van der Waals surface area contributed by atoms with Crippen LogP contribution in [0.3, 0.4) is 0 Å². The van der Waals surface area contributed by atoms with E-state index in [0.717, 1.165) is 12.0 Å². The number of aliphatic hydroxyl groups excluding tert-OH is 1. The van der Waals surface area contributed by atoms with Gasteiger partial charge in [0, 0.05) is 18.2 Å². The molecule has 0 radical (unpaired) electrons. The number of fused-ring (bicyclic) bond motifs is 1. The molecule has 8 heteroatoms. The van der Waals surface area contributed by atoms with Crippen molar-refractivity contribution in [3.63, 3.8) is 0 Å². The monoisotopic (exact) mass is 350 g/mol. The standard InChI is InChI=1S/C17H19FN2O5/c1-3-20-14(22)11-12(15(20)23)17(8-21,16(24)25-2)19-13(11)9-6-4-5-7-10(9)18/h4-7,11-13,19,21H,3,8H2,1-2H3/t11-,12-,13-,17+/m0/s1. The Morgan fingerprint density at radius 3 is 2.60 bits per heavy atom. The van der Waals surface area contributed by atoms with E-state index in [0.29, 0.717) is 0 Å². The number of imide groups is 1. The first-order valence-corrected chi connectivity index (χ1v) is 7.99. The normalized spacial score (nSPS) is 31.4. The number of rotatable bonds is 4. The number of benzene rings is 1. The Bertz CT molecular complexity index is 740. The number of nitrogens with one attached hydrogen (secondary N) is 1. The second-order valence-electron chi connectivity index (χ2n) is 6.19. The fraction of sp³-hybridized carbons (Fsp3) is 0.471. The summed E-state index contributed by atoms with van der Waals surface area (Å²) in [7, 11) is 1.13. The third-order valence-corrected chi connectivity index (χ3v) is 5.10. The molecule has 25 heavy (non-hydrogen) atoms. The van der Waals surface area contributed by atoms with Crippen LogP contribution < -0.4 is 5.32 Å². The van der Waals surface area contributed by atoms with E-state index in [1.54, 1.807) is 13.0 Å². The van der Waals surface area contributed by atoms with Crippen LogP contribution in [-0.4, -0.2) is 53.6 Å². The Morgan fingerprint density at radius 1 is 1.36 bits per heavy atom. The van der Waals surface area contributed by atoms with Gasteiger partial charge in [0.2, 0.25) is 11.8 Å². The van der Waals surface area contributed by atoms with Gasteiger partial charge in [-0.2, -0.15) is 0 Å². The highest BCUT2D eigenvalue weighted by atomic mass is 19.1. The molecular weight excluding hydrogens is 331 g/mol. The molecule has 7 nitrogen and oxygen atoms in total. The number of aliphatic hydroxyl groups is 1. The summed E-state index contributed by atoms with van der Waals surface area (Å²) in [6.07, 6.45) is 0. The first-order chi connectivity index (χ1) is 11.9. The van der Waals surface area contributed by atoms with E-state index in [9.17, 15) is 23.9 Å². The van der Waals surface area contributed by atoms with Gasteiger partial charge in [0.1, 0.15) is 5.82 Å². The maximum Gasteiger partial charge on any atom is 0.329 e. The summed E-state index contributed by atoms with van der Waals surface area (Å²) in [6, 6.07) is 4.91. The lowest BCUT2D eigenvalue weighted by Gasteiger charge is -2.30. The van der Waals surface area contributed by atoms with Gasteiger partial charge >= 0.3 is 5.97 Å². The number of amides is 2. The van der Waals surface area contributed by atoms with Crippen molar-refractivity contribution >= 4 is 17.8 Å². The van der Waals surface area contributed by atoms with Crippen molar-refractivity contribution in [1.29, 1.82) is 0 Å². The molecule has 0 aromatic heterocycles. The van der Waals surface area contributed by atoms with Gasteiger partial charge in [0.05, 0.1) is 25.6 Å². The molecule has 2 aliphatic heterocycles. The van der Waals surface area contributed by atoms with Crippen LogP contribution >= 0.6 is 0 Å². The van der Waals surface area contributed by atoms with E-state index in [-0.39, 0.29) is 12.1 Å². The van der Waals surface area contributed by atoms with Gasteiger partial charge in [-0.25, -0.2) is 9.18 Å². The number of hydrogen-bond acceptors (Lipinski definition) is 6. The smallest absolute Gasteiger partial charge is 0.329 e. The molecule has 1 aromatic rings. The van der Waals surface area contributed by atoms with Crippen molar-refractivity contribution in [1.82, 2.24) is 10.2 Å². The van der Waals surface area contributed by atoms with E-state index in [1.165, 1.54) is 18.2 Å². The zero-order valence-corrected chi connectivity index (χ0v) is 13.9. The summed E-state index contributed by atoms with van der Waals surface area (Å²) >= 11 is 0. The SMILES string of the molecule is CCN1C(=O)[C@H]2[C@@H](C1=O)[C@](CO)(C(=O)OC)N[C@H]2c1ccccc1F. The highest BCUT2D eigenvalue weighted by molar-refractivity contribution is 6.09. The van der Waals surface area contributed by atoms with Crippen LogP contribution in [0.4, 0.5) is 4.39 Å². The largest absolute Gasteiger partial charge is 0.468 e. The van der Waals surface area contributed by atoms with Crippen LogP contribution in [0.5, 0.6) is 0 Å². The lowest BCUT2D eigenvalue weighted by Crippen LogP contribution is -2.58. The van der Waals surface area contributed by atoms with Crippen molar-refractivity contribution in [2.24, 2.45) is 11.8 Å². The number of methoxy groups -OCH3 is 1. The molecular formula is C17H19FN2O5. The molecule has 1 aromatic carbocycles. The van der Waals surface area contributed by atoms with E-state index in [4.69, 9.17) is 4.74 Å². The zero-order chi connectivity index (χ0) is 18.4. The predicted octanol–water partition coefficient (Wildman–Crippen LogP) is -0.00480. The molecule has 4 atom stereocenters. The predicted molar refractivity (Wildman–Crippen MR) is 83.5 cm³/mol. The van der Waals surface area contributed by atoms with Gasteiger partial charge in [-0.15, -0.1) is 0 Å². The summed E-state index contributed by atoms with van der Waals surface area (Å²) in [5, 5.41) is 12.8. The Balaban J connectivity index is 2.17. The third-order valence-electron chi connectivity index (χ3n) is 5.10. The minimum absolute atomic E-state index is 0.136. The average Bonchev–Trinajstić information content (AvgIpc) is 3.09. The van der Waals surface area contributed by atoms with Gasteiger partial charge < -0.3 is 9.84 Å². The van der Waals surface area contributed by atoms with Crippen molar-refractivity contribution in [3.05, 3.63) is 35.6 Å². The van der Waals surface area contributed by atoms with Crippen molar-refractivity contribution in [2.45, 2.75) is 18.5 Å². The number of carbonyl (C=O) groups is 3. The van der Waals surface area contributed by atoms with Crippen LogP contribution in [0.15, 0.2) is 24.3 Å². The quantitative estimate of drug-likeness (QED) is 0.586. The summed E-state index contributed by atoms with van der Waals surface area (Å²) in [4.78, 5) is 38.9. The average molecular weight is 350 g/mol. The number of likely N-dealkylation sites (tertiary alicyclic amines) is 1. The van der Waals surface area contributed by atoms with E-state index in [2.05, 4.69) is 5.32 Å². The van der Waals surface area contributed by atoms with E-state index < -0.39 is 53.6 Å². The number of carbonyl (C=O) groups excluding carboxylic acids is 3. The molecule has 0 unspecified atom stereocenters. The number of esters is 1. The molecule has 0 bridgehead atoms. The van der Waals surface area contributed by atoms with Gasteiger partial charge in [-0.1, -0.05) is 18.2 Å². The summed E-state index contributed by atoms with van der Waals surface area (Å²) < 4.78 is 19.1. The number of ether oxygens (including phenoxy) is 1. The molecule has 2 fully saturated rings. The van der Waals surface area contributed by atoms with Crippen LogP contribution in [0.25, 0.3) is 0 Å². The Kier molecular flexibility index (Phi) is 4.34. The third kappa shape index (κ3) is 2.28. The number of nitrogens with zero attached hydrogens (tertiary/aromatic N) is 1. The summed E-state index contributed by atoms with van der Waals surface area (Å²) in [6.45, 7) is 1.03. The lowest BCUT2D eigenvalue weighted by molar-refractivity contribution is -0.156. The molecule has 134 valence electrons. The van der Waals surface area contributed by atoms with Crippen LogP contribution in [-0.2, 0) is 19.1 Å². The summed E-state index contributed by atoms with van der Waals surface area (Å²) in [5.41, 5.74) is -1.63. The molecule has 2 amide bonds. The minimum Gasteiger partial charge on any atom is -0.468 e. The molecule has 2 aliphatic rings. The van der Waals surface area contributed by atoms with Crippen molar-refractivity contribution in [2.75, 3.05) is 20.3 Å². The maximum atomic E-state index is 14.3. The fourth-order valence-corrected chi connectivity index (χ4v) is 3.95. The van der Waals surface area contributed by atoms with Gasteiger partial charge in [-0.05, 0) is 13.0 Å². The first kappa shape index (κ1) is 17.5. The highest BCUT2D eigenvalue weighted by Gasteiger charge is 2.68. The van der Waals surface area contributed by atoms with Gasteiger partial charge in [0.25, 0.3) is 0 Å². The van der Waals surface area contributed by atoms with Gasteiger partial charge in [0.15, 0.2) is 5.54 Å². The van der Waals surface area contributed by atoms with Crippen LogP contribution in [0.2, 0.25) is 0 Å². The number of hydrogen-bond donors (Lipinski definition) is 2. The van der Waals surface area contributed by atoms with Crippen molar-refractivity contribution < 1.29 is 28.6 Å². The first-order valence-electron chi connectivity index (χ1n) is 7.99. The Labute approximate surface area is 143 Å². The van der Waals surface area contributed by atoms with Gasteiger partial charge in [-0.3, -0.25) is 19.8 Å². The molecule has 3 rings (SSSR count). The van der Waals surface area contributed by atoms with E-state index in [1.807, 2.05) is 0 Å². The lowest BCUT2D eigenvalue weighted by atomic mass is 9.79. The molecule has 2 N–H and O–H groups in total. The van der Waals surface area contributed by atoms with Crippen LogP contribution in [0, 0.1) is 17.7 Å². The Morgan fingerprint density at radius 2 is 2.04 bits per heavy atom. The number of halogens is 1. The molecule has 0 aliphatic carbocycles. The van der Waals surface area contributed by atoms with E-state index >= 15 is 0 Å². The fourth-order valence-electron chi connectivity index (χ4n) is 3.95. The van der Waals surface area contributed by atoms with Crippen molar-refractivity contribution in [3.8, 4) is 0 Å².